The lowest BCUT2D eigenvalue weighted by atomic mass is 10.1. The third-order valence-electron chi connectivity index (χ3n) is 6.36. The van der Waals surface area contributed by atoms with Crippen molar-refractivity contribution in [3.63, 3.8) is 0 Å². The van der Waals surface area contributed by atoms with Crippen molar-refractivity contribution in [3.05, 3.63) is 99.6 Å². The minimum atomic E-state index is -0.763. The molecule has 0 saturated carbocycles. The average molecular weight is 575 g/mol. The summed E-state index contributed by atoms with van der Waals surface area (Å²) < 4.78 is 15.5. The van der Waals surface area contributed by atoms with Gasteiger partial charge in [-0.25, -0.2) is 9.59 Å². The molecule has 1 amide bonds. The largest absolute Gasteiger partial charge is 0.462 e. The number of non-ortho nitro benzene ring substituents is 1. The number of ketones is 1. The molecule has 1 fully saturated rings. The van der Waals surface area contributed by atoms with E-state index in [1.54, 1.807) is 24.3 Å². The number of carbonyl (C=O) groups excluding carboxylic acids is 5. The van der Waals surface area contributed by atoms with E-state index in [2.05, 4.69) is 0 Å². The number of rotatable bonds is 11. The Bertz CT molecular complexity index is 1500. The molecule has 0 bridgehead atoms. The number of carbonyl (C=O) groups is 5. The lowest BCUT2D eigenvalue weighted by Crippen LogP contribution is -2.27. The molecule has 42 heavy (non-hydrogen) atoms. The van der Waals surface area contributed by atoms with E-state index in [-0.39, 0.29) is 41.4 Å². The van der Waals surface area contributed by atoms with Gasteiger partial charge in [0.1, 0.15) is 5.75 Å². The normalized spacial score (nSPS) is 14.3. The van der Waals surface area contributed by atoms with Crippen molar-refractivity contribution >= 4 is 41.0 Å². The Labute approximate surface area is 239 Å². The van der Waals surface area contributed by atoms with Crippen LogP contribution in [-0.4, -0.2) is 54.3 Å². The highest BCUT2D eigenvalue weighted by Crippen LogP contribution is 2.26. The molecule has 0 N–H and O–H groups in total. The molecule has 0 radical (unpaired) electrons. The van der Waals surface area contributed by atoms with Crippen LogP contribution in [0, 0.1) is 16.0 Å². The SMILES string of the molecule is CCCOC(=O)c1ccc(N2C[C@H](C(=O)OCC(=O)c3ccc(OC(=O)c4ccc([N+](=O)[O-])cc4)cc3)CC2=O)cc1. The van der Waals surface area contributed by atoms with Gasteiger partial charge in [0.05, 0.1) is 28.6 Å². The van der Waals surface area contributed by atoms with E-state index in [0.717, 1.165) is 0 Å². The van der Waals surface area contributed by atoms with Gasteiger partial charge in [0.25, 0.3) is 5.69 Å². The van der Waals surface area contributed by atoms with Crippen LogP contribution in [0.15, 0.2) is 72.8 Å². The smallest absolute Gasteiger partial charge is 0.343 e. The van der Waals surface area contributed by atoms with Gasteiger partial charge >= 0.3 is 17.9 Å². The Morgan fingerprint density at radius 1 is 0.857 bits per heavy atom. The second-order valence-electron chi connectivity index (χ2n) is 9.34. The number of hydrogen-bond donors (Lipinski definition) is 0. The highest BCUT2D eigenvalue weighted by atomic mass is 16.6. The maximum Gasteiger partial charge on any atom is 0.343 e. The number of anilines is 1. The van der Waals surface area contributed by atoms with Gasteiger partial charge in [0, 0.05) is 36.3 Å². The zero-order chi connectivity index (χ0) is 30.2. The molecule has 0 aromatic heterocycles. The average Bonchev–Trinajstić information content (AvgIpc) is 3.40. The molecule has 1 heterocycles. The van der Waals surface area contributed by atoms with Gasteiger partial charge in [-0.05, 0) is 67.1 Å². The van der Waals surface area contributed by atoms with Crippen LogP contribution >= 0.6 is 0 Å². The monoisotopic (exact) mass is 574 g/mol. The zero-order valence-electron chi connectivity index (χ0n) is 22.5. The number of benzene rings is 3. The van der Waals surface area contributed by atoms with Gasteiger partial charge in [-0.15, -0.1) is 0 Å². The lowest BCUT2D eigenvalue weighted by Gasteiger charge is -2.17. The van der Waals surface area contributed by atoms with Crippen LogP contribution < -0.4 is 9.64 Å². The summed E-state index contributed by atoms with van der Waals surface area (Å²) in [4.78, 5) is 73.5. The van der Waals surface area contributed by atoms with E-state index in [0.29, 0.717) is 24.3 Å². The van der Waals surface area contributed by atoms with Crippen molar-refractivity contribution < 1.29 is 43.1 Å². The van der Waals surface area contributed by atoms with Crippen LogP contribution in [0.3, 0.4) is 0 Å². The first-order chi connectivity index (χ1) is 20.2. The van der Waals surface area contributed by atoms with Gasteiger partial charge in [-0.1, -0.05) is 6.92 Å². The van der Waals surface area contributed by atoms with Crippen LogP contribution in [-0.2, 0) is 19.1 Å². The second-order valence-corrected chi connectivity index (χ2v) is 9.34. The first kappa shape index (κ1) is 29.6. The van der Waals surface area contributed by atoms with Crippen molar-refractivity contribution in [2.75, 3.05) is 24.7 Å². The first-order valence-electron chi connectivity index (χ1n) is 13.0. The summed E-state index contributed by atoms with van der Waals surface area (Å²) in [6.45, 7) is 1.73. The number of nitrogens with zero attached hydrogens (tertiary/aromatic N) is 2. The molecule has 12 nitrogen and oxygen atoms in total. The highest BCUT2D eigenvalue weighted by molar-refractivity contribution is 6.01. The molecule has 0 unspecified atom stereocenters. The summed E-state index contributed by atoms with van der Waals surface area (Å²) in [6, 6.07) is 16.8. The van der Waals surface area contributed by atoms with Gasteiger partial charge in [0.15, 0.2) is 12.4 Å². The Hall–Kier alpha value is -5.39. The Kier molecular flexibility index (Phi) is 9.38. The molecular formula is C30H26N2O10. The van der Waals surface area contributed by atoms with E-state index >= 15 is 0 Å². The number of hydrogen-bond acceptors (Lipinski definition) is 10. The van der Waals surface area contributed by atoms with Gasteiger partial charge in [-0.3, -0.25) is 24.5 Å². The number of Topliss-reactive ketones (excluding diaryl/α,β-unsaturated/α-hetero) is 1. The van der Waals surface area contributed by atoms with E-state index in [9.17, 15) is 34.1 Å². The fraction of sp³-hybridized carbons (Fsp3) is 0.233. The van der Waals surface area contributed by atoms with Crippen LogP contribution in [0.1, 0.15) is 50.8 Å². The van der Waals surface area contributed by atoms with E-state index in [4.69, 9.17) is 14.2 Å². The molecule has 3 aromatic rings. The Morgan fingerprint density at radius 3 is 2.07 bits per heavy atom. The lowest BCUT2D eigenvalue weighted by molar-refractivity contribution is -0.384. The number of amides is 1. The number of nitro groups is 1. The van der Waals surface area contributed by atoms with Gasteiger partial charge < -0.3 is 19.1 Å². The predicted octanol–water partition coefficient (Wildman–Crippen LogP) is 4.16. The molecule has 4 rings (SSSR count). The fourth-order valence-corrected chi connectivity index (χ4v) is 4.10. The third kappa shape index (κ3) is 7.22. The third-order valence-corrected chi connectivity index (χ3v) is 6.36. The number of esters is 3. The van der Waals surface area contributed by atoms with Crippen molar-refractivity contribution in [2.45, 2.75) is 19.8 Å². The maximum absolute atomic E-state index is 12.6. The molecule has 0 spiro atoms. The summed E-state index contributed by atoms with van der Waals surface area (Å²) in [5.41, 5.74) is 1.03. The summed E-state index contributed by atoms with van der Waals surface area (Å²) >= 11 is 0. The number of ether oxygens (including phenoxy) is 3. The molecule has 1 aliphatic heterocycles. The topological polar surface area (TPSA) is 159 Å². The molecule has 3 aromatic carbocycles. The van der Waals surface area contributed by atoms with E-state index < -0.39 is 41.1 Å². The summed E-state index contributed by atoms with van der Waals surface area (Å²) in [5, 5.41) is 10.7. The minimum absolute atomic E-state index is 0.0698. The van der Waals surface area contributed by atoms with Crippen molar-refractivity contribution in [1.82, 2.24) is 0 Å². The van der Waals surface area contributed by atoms with E-state index in [1.807, 2.05) is 6.92 Å². The van der Waals surface area contributed by atoms with Gasteiger partial charge in [0.2, 0.25) is 5.91 Å². The molecule has 1 aliphatic rings. The van der Waals surface area contributed by atoms with Gasteiger partial charge in [-0.2, -0.15) is 0 Å². The van der Waals surface area contributed by atoms with Crippen LogP contribution in [0.2, 0.25) is 0 Å². The van der Waals surface area contributed by atoms with Crippen molar-refractivity contribution in [1.29, 1.82) is 0 Å². The van der Waals surface area contributed by atoms with Crippen molar-refractivity contribution in [2.24, 2.45) is 5.92 Å². The predicted molar refractivity (Wildman–Crippen MR) is 147 cm³/mol. The highest BCUT2D eigenvalue weighted by Gasteiger charge is 2.36. The first-order valence-corrected chi connectivity index (χ1v) is 13.0. The summed E-state index contributed by atoms with van der Waals surface area (Å²) in [6.07, 6.45) is 0.620. The standard InChI is InChI=1S/C30H26N2O10/c1-2-15-40-28(35)20-3-9-23(10-4-20)31-17-22(16-27(31)34)29(36)41-18-26(33)19-7-13-25(14-8-19)42-30(37)21-5-11-24(12-6-21)32(38)39/h3-14,22H,2,15-18H2,1H3/t22-/m1/s1. The Morgan fingerprint density at radius 2 is 1.45 bits per heavy atom. The minimum Gasteiger partial charge on any atom is -0.462 e. The molecule has 0 aliphatic carbocycles. The van der Waals surface area contributed by atoms with E-state index in [1.165, 1.54) is 53.4 Å². The van der Waals surface area contributed by atoms with Crippen LogP contribution in [0.25, 0.3) is 0 Å². The zero-order valence-corrected chi connectivity index (χ0v) is 22.5. The molecule has 216 valence electrons. The molecular weight excluding hydrogens is 548 g/mol. The maximum atomic E-state index is 12.6. The fourth-order valence-electron chi connectivity index (χ4n) is 4.10. The van der Waals surface area contributed by atoms with Crippen LogP contribution in [0.5, 0.6) is 5.75 Å². The quantitative estimate of drug-likeness (QED) is 0.107. The summed E-state index contributed by atoms with van der Waals surface area (Å²) in [5.74, 6) is -3.29. The van der Waals surface area contributed by atoms with Crippen LogP contribution in [0.4, 0.5) is 11.4 Å². The second kappa shape index (κ2) is 13.3. The Balaban J connectivity index is 1.26. The van der Waals surface area contributed by atoms with Crippen molar-refractivity contribution in [3.8, 4) is 5.75 Å². The molecule has 1 atom stereocenters. The molecule has 12 heteroatoms. The number of nitro benzene ring substituents is 1. The summed E-state index contributed by atoms with van der Waals surface area (Å²) in [7, 11) is 0. The molecule has 1 saturated heterocycles.